The minimum atomic E-state index is 0.0730. The van der Waals surface area contributed by atoms with Crippen molar-refractivity contribution in [3.63, 3.8) is 0 Å². The number of aliphatic hydroxyl groups excluding tert-OH is 1. The summed E-state index contributed by atoms with van der Waals surface area (Å²) in [7, 11) is 0. The Labute approximate surface area is 162 Å². The molecule has 1 fully saturated rings. The number of carbonyl (C=O) groups is 1. The number of β-amino-alcohol motifs (C(OH)–C–C–N with tert-alkyl or cyclic N) is 1. The van der Waals surface area contributed by atoms with Gasteiger partial charge in [0, 0.05) is 49.7 Å². The van der Waals surface area contributed by atoms with Gasteiger partial charge in [-0.15, -0.1) is 0 Å². The highest BCUT2D eigenvalue weighted by Gasteiger charge is 2.22. The van der Waals surface area contributed by atoms with Crippen molar-refractivity contribution in [2.45, 2.75) is 13.8 Å². The molecule has 3 aromatic rings. The number of aromatic nitrogens is 2. The molecular formula is C20H24N4O2S. The maximum atomic E-state index is 12.9. The first-order valence-electron chi connectivity index (χ1n) is 9.25. The summed E-state index contributed by atoms with van der Waals surface area (Å²) >= 11 is 1.61. The van der Waals surface area contributed by atoms with Crippen molar-refractivity contribution >= 4 is 27.5 Å². The SMILES string of the molecule is Cc1ccc(C)n1-c1nc2ccc(C(=O)N3CCN(CCO)CC3)cc2s1. The van der Waals surface area contributed by atoms with Crippen LogP contribution in [0.2, 0.25) is 0 Å². The summed E-state index contributed by atoms with van der Waals surface area (Å²) in [6, 6.07) is 9.97. The van der Waals surface area contributed by atoms with Crippen LogP contribution < -0.4 is 0 Å². The van der Waals surface area contributed by atoms with Gasteiger partial charge in [-0.2, -0.15) is 0 Å². The molecule has 142 valence electrons. The van der Waals surface area contributed by atoms with E-state index in [2.05, 4.69) is 35.4 Å². The number of hydrogen-bond donors (Lipinski definition) is 1. The number of aliphatic hydroxyl groups is 1. The van der Waals surface area contributed by atoms with Gasteiger partial charge in [0.1, 0.15) is 0 Å². The molecule has 0 unspecified atom stereocenters. The largest absolute Gasteiger partial charge is 0.395 e. The molecule has 1 aliphatic rings. The first-order chi connectivity index (χ1) is 13.1. The van der Waals surface area contributed by atoms with Gasteiger partial charge in [0.15, 0.2) is 5.13 Å². The quantitative estimate of drug-likeness (QED) is 0.751. The lowest BCUT2D eigenvalue weighted by atomic mass is 10.1. The number of carbonyl (C=O) groups excluding carboxylic acids is 1. The van der Waals surface area contributed by atoms with Crippen molar-refractivity contribution in [3.05, 3.63) is 47.3 Å². The molecule has 7 heteroatoms. The van der Waals surface area contributed by atoms with Gasteiger partial charge in [-0.1, -0.05) is 11.3 Å². The maximum absolute atomic E-state index is 12.9. The van der Waals surface area contributed by atoms with Crippen LogP contribution in [0.4, 0.5) is 0 Å². The molecule has 4 rings (SSSR count). The lowest BCUT2D eigenvalue weighted by molar-refractivity contribution is 0.0615. The van der Waals surface area contributed by atoms with Crippen LogP contribution in [0.25, 0.3) is 15.3 Å². The predicted octanol–water partition coefficient (Wildman–Crippen LogP) is 2.45. The third-order valence-electron chi connectivity index (χ3n) is 5.16. The van der Waals surface area contributed by atoms with Crippen LogP contribution in [0, 0.1) is 13.8 Å². The van der Waals surface area contributed by atoms with Crippen LogP contribution in [-0.2, 0) is 0 Å². The summed E-state index contributed by atoms with van der Waals surface area (Å²) in [5.74, 6) is 0.0730. The summed E-state index contributed by atoms with van der Waals surface area (Å²) in [6.45, 7) is 8.01. The van der Waals surface area contributed by atoms with Gasteiger partial charge in [0.25, 0.3) is 5.91 Å². The van der Waals surface area contributed by atoms with Crippen LogP contribution >= 0.6 is 11.3 Å². The Bertz CT molecular complexity index is 950. The van der Waals surface area contributed by atoms with Crippen molar-refractivity contribution in [1.82, 2.24) is 19.4 Å². The molecule has 0 aliphatic carbocycles. The first kappa shape index (κ1) is 18.2. The van der Waals surface area contributed by atoms with E-state index in [9.17, 15) is 4.79 Å². The second-order valence-electron chi connectivity index (χ2n) is 6.99. The standard InChI is InChI=1S/C20H24N4O2S/c1-14-3-4-15(2)24(14)20-21-17-6-5-16(13-18(17)27-20)19(26)23-9-7-22(8-10-23)11-12-25/h3-6,13,25H,7-12H2,1-2H3. The summed E-state index contributed by atoms with van der Waals surface area (Å²) in [4.78, 5) is 21.7. The molecule has 1 amide bonds. The lowest BCUT2D eigenvalue weighted by Crippen LogP contribution is -2.49. The predicted molar refractivity (Wildman–Crippen MR) is 108 cm³/mol. The normalized spacial score (nSPS) is 15.6. The van der Waals surface area contributed by atoms with E-state index in [1.165, 1.54) is 0 Å². The van der Waals surface area contributed by atoms with Crippen LogP contribution in [0.1, 0.15) is 21.7 Å². The minimum Gasteiger partial charge on any atom is -0.395 e. The number of nitrogens with zero attached hydrogens (tertiary/aromatic N) is 4. The second-order valence-corrected chi connectivity index (χ2v) is 8.00. The van der Waals surface area contributed by atoms with Gasteiger partial charge in [-0.25, -0.2) is 4.98 Å². The Morgan fingerprint density at radius 2 is 1.81 bits per heavy atom. The van der Waals surface area contributed by atoms with Crippen LogP contribution in [0.15, 0.2) is 30.3 Å². The van der Waals surface area contributed by atoms with Gasteiger partial charge >= 0.3 is 0 Å². The number of rotatable bonds is 4. The topological polar surface area (TPSA) is 61.6 Å². The molecule has 1 aromatic carbocycles. The average molecular weight is 385 g/mol. The fourth-order valence-electron chi connectivity index (χ4n) is 3.61. The summed E-state index contributed by atoms with van der Waals surface area (Å²) in [5.41, 5.74) is 3.95. The molecule has 0 radical (unpaired) electrons. The molecule has 1 aliphatic heterocycles. The molecular weight excluding hydrogens is 360 g/mol. The van der Waals surface area contributed by atoms with Gasteiger partial charge in [-0.05, 0) is 44.2 Å². The zero-order chi connectivity index (χ0) is 19.0. The van der Waals surface area contributed by atoms with E-state index in [1.807, 2.05) is 23.1 Å². The Morgan fingerprint density at radius 1 is 1.11 bits per heavy atom. The molecule has 27 heavy (non-hydrogen) atoms. The van der Waals surface area contributed by atoms with E-state index in [1.54, 1.807) is 11.3 Å². The molecule has 0 saturated carbocycles. The fraction of sp³-hybridized carbons (Fsp3) is 0.400. The van der Waals surface area contributed by atoms with Gasteiger partial charge in [-0.3, -0.25) is 14.3 Å². The van der Waals surface area contributed by atoms with Gasteiger partial charge in [0.05, 0.1) is 16.8 Å². The van der Waals surface area contributed by atoms with Gasteiger partial charge in [0.2, 0.25) is 0 Å². The third kappa shape index (κ3) is 3.50. The number of thiazole rings is 1. The monoisotopic (exact) mass is 384 g/mol. The van der Waals surface area contributed by atoms with Crippen LogP contribution in [-0.4, -0.2) is 69.7 Å². The van der Waals surface area contributed by atoms with Crippen LogP contribution in [0.3, 0.4) is 0 Å². The Kier molecular flexibility index (Phi) is 4.99. The number of piperazine rings is 1. The number of fused-ring (bicyclic) bond motifs is 1. The zero-order valence-electron chi connectivity index (χ0n) is 15.7. The average Bonchev–Trinajstić information content (AvgIpc) is 3.23. The Hall–Kier alpha value is -2.22. The van der Waals surface area contributed by atoms with Crippen molar-refractivity contribution < 1.29 is 9.90 Å². The zero-order valence-corrected chi connectivity index (χ0v) is 16.5. The van der Waals surface area contributed by atoms with Gasteiger partial charge < -0.3 is 10.0 Å². The number of aryl methyl sites for hydroxylation is 2. The third-order valence-corrected chi connectivity index (χ3v) is 6.17. The molecule has 0 spiro atoms. The van der Waals surface area contributed by atoms with E-state index in [-0.39, 0.29) is 12.5 Å². The van der Waals surface area contributed by atoms with E-state index in [4.69, 9.17) is 10.1 Å². The van der Waals surface area contributed by atoms with Crippen molar-refractivity contribution in [1.29, 1.82) is 0 Å². The summed E-state index contributed by atoms with van der Waals surface area (Å²) < 4.78 is 3.18. The highest BCUT2D eigenvalue weighted by atomic mass is 32.1. The van der Waals surface area contributed by atoms with E-state index >= 15 is 0 Å². The van der Waals surface area contributed by atoms with E-state index < -0.39 is 0 Å². The molecule has 0 atom stereocenters. The number of benzene rings is 1. The number of hydrogen-bond acceptors (Lipinski definition) is 5. The molecule has 1 saturated heterocycles. The molecule has 3 heterocycles. The second kappa shape index (κ2) is 7.42. The molecule has 6 nitrogen and oxygen atoms in total. The van der Waals surface area contributed by atoms with Crippen molar-refractivity contribution in [2.24, 2.45) is 0 Å². The Balaban J connectivity index is 1.56. The first-order valence-corrected chi connectivity index (χ1v) is 10.1. The van der Waals surface area contributed by atoms with Crippen molar-refractivity contribution in [3.8, 4) is 5.13 Å². The van der Waals surface area contributed by atoms with Crippen LogP contribution in [0.5, 0.6) is 0 Å². The van der Waals surface area contributed by atoms with Crippen molar-refractivity contribution in [2.75, 3.05) is 39.3 Å². The number of amides is 1. The molecule has 2 aromatic heterocycles. The fourth-order valence-corrected chi connectivity index (χ4v) is 4.73. The lowest BCUT2D eigenvalue weighted by Gasteiger charge is -2.34. The summed E-state index contributed by atoms with van der Waals surface area (Å²) in [6.07, 6.45) is 0. The Morgan fingerprint density at radius 3 is 2.48 bits per heavy atom. The molecule has 0 bridgehead atoms. The van der Waals surface area contributed by atoms with E-state index in [0.717, 1.165) is 39.8 Å². The maximum Gasteiger partial charge on any atom is 0.253 e. The highest BCUT2D eigenvalue weighted by molar-refractivity contribution is 7.20. The minimum absolute atomic E-state index is 0.0730. The van der Waals surface area contributed by atoms with E-state index in [0.29, 0.717) is 25.2 Å². The summed E-state index contributed by atoms with van der Waals surface area (Å²) in [5, 5.41) is 9.99. The highest BCUT2D eigenvalue weighted by Crippen LogP contribution is 2.28. The molecule has 1 N–H and O–H groups in total. The smallest absolute Gasteiger partial charge is 0.253 e.